The fraction of sp³-hybridized carbons (Fsp3) is 0.500. The molecule has 0 aliphatic carbocycles. The Morgan fingerprint density at radius 3 is 2.55 bits per heavy atom. The molecule has 0 spiro atoms. The first-order valence-corrected chi connectivity index (χ1v) is 8.65. The molecule has 1 saturated heterocycles. The van der Waals surface area contributed by atoms with Crippen LogP contribution in [0.15, 0.2) is 24.3 Å². The Balaban J connectivity index is 1.50. The molecule has 0 aromatic heterocycles. The number of carbonyl (C=O) groups is 2. The van der Waals surface area contributed by atoms with Crippen molar-refractivity contribution < 1.29 is 19.4 Å². The molecule has 2 aliphatic heterocycles. The summed E-state index contributed by atoms with van der Waals surface area (Å²) in [4.78, 5) is 25.5. The Labute approximate surface area is 133 Å². The molecule has 0 saturated carbocycles. The van der Waals surface area contributed by atoms with Crippen molar-refractivity contribution in [2.45, 2.75) is 25.0 Å². The standard InChI is InChI=1S/C16H19NO4S/c18-11(9-22-10-12-4-3-7-21-12)8-17-15(19)13-5-1-2-6-14(13)16(17)20/h1-2,5-6,11-12,18H,3-4,7-10H2/t11-,12+/m1/s1. The molecule has 1 N–H and O–H groups in total. The fourth-order valence-corrected chi connectivity index (χ4v) is 3.82. The molecule has 5 nitrogen and oxygen atoms in total. The van der Waals surface area contributed by atoms with Gasteiger partial charge in [-0.2, -0.15) is 11.8 Å². The number of benzene rings is 1. The molecule has 1 aromatic rings. The number of nitrogens with zero attached hydrogens (tertiary/aromatic N) is 1. The molecule has 0 radical (unpaired) electrons. The summed E-state index contributed by atoms with van der Waals surface area (Å²) < 4.78 is 5.52. The van der Waals surface area contributed by atoms with Gasteiger partial charge in [0.2, 0.25) is 0 Å². The van der Waals surface area contributed by atoms with Crippen molar-refractivity contribution in [2.24, 2.45) is 0 Å². The van der Waals surface area contributed by atoms with Crippen LogP contribution in [0.3, 0.4) is 0 Å². The zero-order valence-corrected chi connectivity index (χ0v) is 13.1. The number of imide groups is 1. The van der Waals surface area contributed by atoms with Gasteiger partial charge in [-0.05, 0) is 25.0 Å². The molecular weight excluding hydrogens is 302 g/mol. The van der Waals surface area contributed by atoms with E-state index >= 15 is 0 Å². The van der Waals surface area contributed by atoms with Crippen LogP contribution in [-0.4, -0.2) is 58.7 Å². The molecule has 22 heavy (non-hydrogen) atoms. The number of thioether (sulfide) groups is 1. The highest BCUT2D eigenvalue weighted by atomic mass is 32.2. The molecule has 1 aromatic carbocycles. The van der Waals surface area contributed by atoms with Gasteiger partial charge in [0.05, 0.1) is 29.9 Å². The number of hydrogen-bond donors (Lipinski definition) is 1. The summed E-state index contributed by atoms with van der Waals surface area (Å²) in [5, 5.41) is 10.1. The van der Waals surface area contributed by atoms with E-state index < -0.39 is 6.10 Å². The van der Waals surface area contributed by atoms with Crippen LogP contribution in [0.25, 0.3) is 0 Å². The average Bonchev–Trinajstić information content (AvgIpc) is 3.11. The van der Waals surface area contributed by atoms with Crippen molar-refractivity contribution in [3.8, 4) is 0 Å². The number of amides is 2. The SMILES string of the molecule is O=C1c2ccccc2C(=O)N1C[C@@H](O)CSC[C@@H]1CCCO1. The maximum Gasteiger partial charge on any atom is 0.261 e. The van der Waals surface area contributed by atoms with Gasteiger partial charge in [0, 0.05) is 18.1 Å². The molecule has 1 fully saturated rings. The first kappa shape index (κ1) is 15.5. The smallest absolute Gasteiger partial charge is 0.261 e. The minimum Gasteiger partial charge on any atom is -0.390 e. The number of aliphatic hydroxyl groups is 1. The molecule has 118 valence electrons. The molecule has 2 heterocycles. The first-order valence-electron chi connectivity index (χ1n) is 7.49. The third-order valence-corrected chi connectivity index (χ3v) is 5.14. The van der Waals surface area contributed by atoms with Crippen molar-refractivity contribution in [3.63, 3.8) is 0 Å². The second-order valence-corrected chi connectivity index (χ2v) is 6.67. The number of rotatable bonds is 6. The topological polar surface area (TPSA) is 66.8 Å². The van der Waals surface area contributed by atoms with Crippen molar-refractivity contribution in [1.82, 2.24) is 4.90 Å². The third kappa shape index (κ3) is 3.19. The molecule has 6 heteroatoms. The Kier molecular flexibility index (Phi) is 4.81. The number of fused-ring (bicyclic) bond motifs is 1. The van der Waals surface area contributed by atoms with E-state index in [0.717, 1.165) is 30.1 Å². The van der Waals surface area contributed by atoms with Crippen LogP contribution >= 0.6 is 11.8 Å². The predicted octanol–water partition coefficient (Wildman–Crippen LogP) is 1.56. The number of aliphatic hydroxyl groups excluding tert-OH is 1. The monoisotopic (exact) mass is 321 g/mol. The van der Waals surface area contributed by atoms with Crippen LogP contribution in [-0.2, 0) is 4.74 Å². The van der Waals surface area contributed by atoms with Crippen LogP contribution in [0.4, 0.5) is 0 Å². The van der Waals surface area contributed by atoms with E-state index in [1.807, 2.05) is 0 Å². The number of β-amino-alcohol motifs (C(OH)–C–C–N with tert-alkyl or cyclic N) is 1. The lowest BCUT2D eigenvalue weighted by molar-refractivity contribution is 0.0567. The normalized spacial score (nSPS) is 22.2. The van der Waals surface area contributed by atoms with E-state index in [0.29, 0.717) is 16.9 Å². The molecule has 0 unspecified atom stereocenters. The fourth-order valence-electron chi connectivity index (χ4n) is 2.78. The largest absolute Gasteiger partial charge is 0.390 e. The van der Waals surface area contributed by atoms with E-state index in [2.05, 4.69) is 0 Å². The van der Waals surface area contributed by atoms with E-state index in [1.165, 1.54) is 0 Å². The van der Waals surface area contributed by atoms with Gasteiger partial charge in [0.1, 0.15) is 0 Å². The summed E-state index contributed by atoms with van der Waals surface area (Å²) in [6.45, 7) is 0.869. The minimum atomic E-state index is -0.714. The van der Waals surface area contributed by atoms with Gasteiger partial charge in [-0.1, -0.05) is 12.1 Å². The molecular formula is C16H19NO4S. The number of hydrogen-bond acceptors (Lipinski definition) is 5. The van der Waals surface area contributed by atoms with E-state index in [4.69, 9.17) is 4.74 Å². The van der Waals surface area contributed by atoms with Crippen molar-refractivity contribution >= 4 is 23.6 Å². The van der Waals surface area contributed by atoms with Gasteiger partial charge in [0.15, 0.2) is 0 Å². The van der Waals surface area contributed by atoms with Crippen molar-refractivity contribution in [3.05, 3.63) is 35.4 Å². The van der Waals surface area contributed by atoms with Gasteiger partial charge < -0.3 is 9.84 Å². The highest BCUT2D eigenvalue weighted by Crippen LogP contribution is 2.23. The second kappa shape index (κ2) is 6.81. The maximum absolute atomic E-state index is 12.2. The highest BCUT2D eigenvalue weighted by molar-refractivity contribution is 7.99. The third-order valence-electron chi connectivity index (χ3n) is 3.91. The summed E-state index contributed by atoms with van der Waals surface area (Å²) in [6, 6.07) is 6.77. The first-order chi connectivity index (χ1) is 10.7. The van der Waals surface area contributed by atoms with Crippen molar-refractivity contribution in [2.75, 3.05) is 24.7 Å². The van der Waals surface area contributed by atoms with Crippen LogP contribution in [0.5, 0.6) is 0 Å². The maximum atomic E-state index is 12.2. The molecule has 2 aliphatic rings. The second-order valence-electron chi connectivity index (χ2n) is 5.59. The van der Waals surface area contributed by atoms with Gasteiger partial charge in [0.25, 0.3) is 11.8 Å². The van der Waals surface area contributed by atoms with Crippen LogP contribution in [0, 0.1) is 0 Å². The van der Waals surface area contributed by atoms with Crippen LogP contribution < -0.4 is 0 Å². The van der Waals surface area contributed by atoms with E-state index in [1.54, 1.807) is 36.0 Å². The zero-order chi connectivity index (χ0) is 15.5. The van der Waals surface area contributed by atoms with Gasteiger partial charge in [-0.15, -0.1) is 0 Å². The summed E-state index contributed by atoms with van der Waals surface area (Å²) in [5.74, 6) is 0.708. The lowest BCUT2D eigenvalue weighted by Gasteiger charge is -2.18. The van der Waals surface area contributed by atoms with Gasteiger partial charge in [-0.3, -0.25) is 14.5 Å². The quantitative estimate of drug-likeness (QED) is 0.805. The van der Waals surface area contributed by atoms with E-state index in [-0.39, 0.29) is 24.5 Å². The Hall–Kier alpha value is -1.37. The van der Waals surface area contributed by atoms with Gasteiger partial charge >= 0.3 is 0 Å². The molecule has 2 amide bonds. The lowest BCUT2D eigenvalue weighted by Crippen LogP contribution is -2.38. The Morgan fingerprint density at radius 2 is 1.95 bits per heavy atom. The summed E-state index contributed by atoms with van der Waals surface area (Å²) in [6.07, 6.45) is 1.73. The Morgan fingerprint density at radius 1 is 1.27 bits per heavy atom. The minimum absolute atomic E-state index is 0.0465. The van der Waals surface area contributed by atoms with Gasteiger partial charge in [-0.25, -0.2) is 0 Å². The average molecular weight is 321 g/mol. The molecule has 0 bridgehead atoms. The number of carbonyl (C=O) groups excluding carboxylic acids is 2. The summed E-state index contributed by atoms with van der Waals surface area (Å²) in [7, 11) is 0. The Bertz CT molecular complexity index is 536. The molecule has 3 rings (SSSR count). The highest BCUT2D eigenvalue weighted by Gasteiger charge is 2.36. The van der Waals surface area contributed by atoms with E-state index in [9.17, 15) is 14.7 Å². The van der Waals surface area contributed by atoms with Crippen LogP contribution in [0.1, 0.15) is 33.6 Å². The number of ether oxygens (including phenoxy) is 1. The summed E-state index contributed by atoms with van der Waals surface area (Å²) >= 11 is 1.60. The summed E-state index contributed by atoms with van der Waals surface area (Å²) in [5.41, 5.74) is 0.846. The van der Waals surface area contributed by atoms with Crippen molar-refractivity contribution in [1.29, 1.82) is 0 Å². The van der Waals surface area contributed by atoms with Crippen LogP contribution in [0.2, 0.25) is 0 Å². The predicted molar refractivity (Wildman–Crippen MR) is 84.1 cm³/mol. The zero-order valence-electron chi connectivity index (χ0n) is 12.2. The molecule has 2 atom stereocenters. The lowest BCUT2D eigenvalue weighted by atomic mass is 10.1.